The van der Waals surface area contributed by atoms with Crippen molar-refractivity contribution in [2.24, 2.45) is 0 Å². The van der Waals surface area contributed by atoms with Gasteiger partial charge in [0.2, 0.25) is 5.91 Å². The fraction of sp³-hybridized carbons (Fsp3) is 0.357. The molecule has 1 aromatic carbocycles. The Morgan fingerprint density at radius 3 is 2.94 bits per heavy atom. The van der Waals surface area contributed by atoms with E-state index in [0.717, 1.165) is 19.6 Å². The van der Waals surface area contributed by atoms with E-state index in [9.17, 15) is 4.79 Å². The number of hydrogen-bond acceptors (Lipinski definition) is 2. The molecule has 2 aromatic rings. The number of carbonyl (C=O) groups is 1. The minimum Gasteiger partial charge on any atom is -0.341 e. The van der Waals surface area contributed by atoms with Gasteiger partial charge in [-0.15, -0.1) is 0 Å². The van der Waals surface area contributed by atoms with Gasteiger partial charge in [-0.1, -0.05) is 18.2 Å². The molecule has 0 N–H and O–H groups in total. The van der Waals surface area contributed by atoms with Crippen LogP contribution in [0.2, 0.25) is 0 Å². The molecule has 2 heterocycles. The average Bonchev–Trinajstić information content (AvgIpc) is 2.76. The van der Waals surface area contributed by atoms with Crippen LogP contribution in [0.25, 0.3) is 10.9 Å². The van der Waals surface area contributed by atoms with Crippen LogP contribution in [0.5, 0.6) is 0 Å². The van der Waals surface area contributed by atoms with Crippen LogP contribution >= 0.6 is 12.6 Å². The number of benzene rings is 1. The topological polar surface area (TPSA) is 25.2 Å². The van der Waals surface area contributed by atoms with Gasteiger partial charge < -0.3 is 9.47 Å². The maximum atomic E-state index is 11.9. The molecule has 1 aliphatic heterocycles. The van der Waals surface area contributed by atoms with Gasteiger partial charge in [0.25, 0.3) is 0 Å². The Hall–Kier alpha value is -1.42. The number of rotatable bonds is 2. The van der Waals surface area contributed by atoms with Crippen LogP contribution in [0, 0.1) is 0 Å². The molecule has 0 saturated heterocycles. The second kappa shape index (κ2) is 4.69. The molecule has 0 spiro atoms. The SMILES string of the molecule is O=C(CCS)N1CCn2c(cc3ccccc32)C1. The Morgan fingerprint density at radius 1 is 1.28 bits per heavy atom. The first-order valence-corrected chi connectivity index (χ1v) is 6.88. The Bertz CT molecular complexity index is 590. The van der Waals surface area contributed by atoms with Gasteiger partial charge >= 0.3 is 0 Å². The zero-order valence-corrected chi connectivity index (χ0v) is 11.1. The molecule has 0 saturated carbocycles. The van der Waals surface area contributed by atoms with E-state index in [1.807, 2.05) is 4.90 Å². The molecular weight excluding hydrogens is 244 g/mol. The van der Waals surface area contributed by atoms with Crippen molar-refractivity contribution < 1.29 is 4.79 Å². The summed E-state index contributed by atoms with van der Waals surface area (Å²) in [5, 5.41) is 1.26. The smallest absolute Gasteiger partial charge is 0.223 e. The minimum atomic E-state index is 0.210. The standard InChI is InChI=1S/C14H16N2OS/c17-14(5-8-18)15-6-7-16-12(10-15)9-11-3-1-2-4-13(11)16/h1-4,9,18H,5-8,10H2. The molecule has 18 heavy (non-hydrogen) atoms. The lowest BCUT2D eigenvalue weighted by Gasteiger charge is -2.29. The second-order valence-corrected chi connectivity index (χ2v) is 5.08. The third-order valence-electron chi connectivity index (χ3n) is 3.52. The van der Waals surface area contributed by atoms with Crippen LogP contribution in [0.4, 0.5) is 0 Å². The van der Waals surface area contributed by atoms with Crippen LogP contribution in [0.3, 0.4) is 0 Å². The van der Waals surface area contributed by atoms with Gasteiger partial charge in [-0.05, 0) is 23.3 Å². The lowest BCUT2D eigenvalue weighted by Crippen LogP contribution is -2.38. The fourth-order valence-electron chi connectivity index (χ4n) is 2.62. The minimum absolute atomic E-state index is 0.210. The molecule has 0 aliphatic carbocycles. The van der Waals surface area contributed by atoms with E-state index in [2.05, 4.69) is 47.5 Å². The van der Waals surface area contributed by atoms with Gasteiger partial charge in [0.15, 0.2) is 0 Å². The van der Waals surface area contributed by atoms with E-state index >= 15 is 0 Å². The quantitative estimate of drug-likeness (QED) is 0.824. The third-order valence-corrected chi connectivity index (χ3v) is 3.74. The van der Waals surface area contributed by atoms with Crippen LogP contribution in [0.1, 0.15) is 12.1 Å². The maximum absolute atomic E-state index is 11.9. The molecule has 4 heteroatoms. The molecular formula is C14H16N2OS. The second-order valence-electron chi connectivity index (χ2n) is 4.64. The summed E-state index contributed by atoms with van der Waals surface area (Å²) in [6.45, 7) is 2.42. The molecule has 0 radical (unpaired) electrons. The summed E-state index contributed by atoms with van der Waals surface area (Å²) >= 11 is 4.12. The van der Waals surface area contributed by atoms with Gasteiger partial charge in [-0.3, -0.25) is 4.79 Å². The molecule has 0 atom stereocenters. The highest BCUT2D eigenvalue weighted by atomic mass is 32.1. The average molecular weight is 260 g/mol. The van der Waals surface area contributed by atoms with Gasteiger partial charge in [0.05, 0.1) is 6.54 Å². The van der Waals surface area contributed by atoms with E-state index in [0.29, 0.717) is 12.2 Å². The summed E-state index contributed by atoms with van der Waals surface area (Å²) in [6, 6.07) is 10.6. The van der Waals surface area contributed by atoms with E-state index in [4.69, 9.17) is 0 Å². The maximum Gasteiger partial charge on any atom is 0.223 e. The fourth-order valence-corrected chi connectivity index (χ4v) is 2.82. The van der Waals surface area contributed by atoms with Gasteiger partial charge in [0.1, 0.15) is 0 Å². The molecule has 0 bridgehead atoms. The van der Waals surface area contributed by atoms with Gasteiger partial charge in [-0.2, -0.15) is 12.6 Å². The number of fused-ring (bicyclic) bond motifs is 3. The van der Waals surface area contributed by atoms with Crippen molar-refractivity contribution in [3.63, 3.8) is 0 Å². The zero-order valence-electron chi connectivity index (χ0n) is 10.2. The number of thiol groups is 1. The Labute approximate surface area is 112 Å². The Morgan fingerprint density at radius 2 is 2.11 bits per heavy atom. The molecule has 1 aliphatic rings. The highest BCUT2D eigenvalue weighted by molar-refractivity contribution is 7.80. The lowest BCUT2D eigenvalue weighted by molar-refractivity contribution is -0.132. The van der Waals surface area contributed by atoms with Crippen LogP contribution in [0.15, 0.2) is 30.3 Å². The van der Waals surface area contributed by atoms with Crippen molar-refractivity contribution in [1.29, 1.82) is 0 Å². The van der Waals surface area contributed by atoms with E-state index in [-0.39, 0.29) is 5.91 Å². The largest absolute Gasteiger partial charge is 0.341 e. The van der Waals surface area contributed by atoms with E-state index in [1.165, 1.54) is 16.6 Å². The van der Waals surface area contributed by atoms with Crippen molar-refractivity contribution >= 4 is 29.4 Å². The monoisotopic (exact) mass is 260 g/mol. The molecule has 1 amide bonds. The predicted octanol–water partition coefficient (Wildman–Crippen LogP) is 2.30. The lowest BCUT2D eigenvalue weighted by atomic mass is 10.2. The van der Waals surface area contributed by atoms with Gasteiger partial charge in [-0.25, -0.2) is 0 Å². The Kier molecular flexibility index (Phi) is 3.04. The van der Waals surface area contributed by atoms with Crippen molar-refractivity contribution in [3.8, 4) is 0 Å². The summed E-state index contributed by atoms with van der Waals surface area (Å²) in [5.41, 5.74) is 2.50. The normalized spacial score (nSPS) is 14.8. The van der Waals surface area contributed by atoms with Crippen molar-refractivity contribution in [2.45, 2.75) is 19.5 Å². The molecule has 1 aromatic heterocycles. The van der Waals surface area contributed by atoms with Crippen molar-refractivity contribution in [1.82, 2.24) is 9.47 Å². The van der Waals surface area contributed by atoms with Crippen LogP contribution < -0.4 is 0 Å². The van der Waals surface area contributed by atoms with E-state index in [1.54, 1.807) is 0 Å². The summed E-state index contributed by atoms with van der Waals surface area (Å²) in [7, 11) is 0. The molecule has 0 unspecified atom stereocenters. The molecule has 3 rings (SSSR count). The summed E-state index contributed by atoms with van der Waals surface area (Å²) < 4.78 is 2.32. The third kappa shape index (κ3) is 1.90. The Balaban J connectivity index is 1.91. The van der Waals surface area contributed by atoms with Crippen molar-refractivity contribution in [2.75, 3.05) is 12.3 Å². The highest BCUT2D eigenvalue weighted by Crippen LogP contribution is 2.24. The summed E-state index contributed by atoms with van der Waals surface area (Å²) in [5.74, 6) is 0.833. The highest BCUT2D eigenvalue weighted by Gasteiger charge is 2.21. The number of hydrogen-bond donors (Lipinski definition) is 1. The molecule has 0 fully saturated rings. The first kappa shape index (κ1) is 11.7. The number of aromatic nitrogens is 1. The van der Waals surface area contributed by atoms with Gasteiger partial charge in [0, 0.05) is 30.7 Å². The van der Waals surface area contributed by atoms with Crippen LogP contribution in [-0.4, -0.2) is 27.7 Å². The number of nitrogens with zero attached hydrogens (tertiary/aromatic N) is 2. The first-order valence-electron chi connectivity index (χ1n) is 6.25. The zero-order chi connectivity index (χ0) is 12.5. The van der Waals surface area contributed by atoms with E-state index < -0.39 is 0 Å². The molecule has 3 nitrogen and oxygen atoms in total. The predicted molar refractivity (Wildman–Crippen MR) is 75.8 cm³/mol. The summed E-state index contributed by atoms with van der Waals surface area (Å²) in [4.78, 5) is 13.8. The number of para-hydroxylation sites is 1. The summed E-state index contributed by atoms with van der Waals surface area (Å²) in [6.07, 6.45) is 0.531. The number of carbonyl (C=O) groups excluding carboxylic acids is 1. The first-order chi connectivity index (χ1) is 8.79. The van der Waals surface area contributed by atoms with Crippen molar-refractivity contribution in [3.05, 3.63) is 36.0 Å². The van der Waals surface area contributed by atoms with Crippen LogP contribution in [-0.2, 0) is 17.9 Å². The molecule has 94 valence electrons. The number of amides is 1.